The van der Waals surface area contributed by atoms with Gasteiger partial charge in [-0.15, -0.1) is 0 Å². The van der Waals surface area contributed by atoms with Crippen molar-refractivity contribution in [2.45, 2.75) is 51.0 Å². The molecule has 0 unspecified atom stereocenters. The number of nitrogens with two attached hydrogens (primary N) is 1. The van der Waals surface area contributed by atoms with Crippen LogP contribution in [0.5, 0.6) is 0 Å². The largest absolute Gasteiger partial charge is 0.321 e. The Morgan fingerprint density at radius 3 is 2.65 bits per heavy atom. The first-order valence-corrected chi connectivity index (χ1v) is 7.07. The van der Waals surface area contributed by atoms with Crippen molar-refractivity contribution in [3.63, 3.8) is 0 Å². The molecule has 0 amide bonds. The average Bonchev–Trinajstić information content (AvgIpc) is 2.33. The van der Waals surface area contributed by atoms with Crippen LogP contribution in [0.2, 0.25) is 5.02 Å². The molecule has 1 aromatic carbocycles. The third kappa shape index (κ3) is 3.02. The van der Waals surface area contributed by atoms with Gasteiger partial charge in [0.2, 0.25) is 0 Å². The Kier molecular flexibility index (Phi) is 4.11. The summed E-state index contributed by atoms with van der Waals surface area (Å²) in [4.78, 5) is 0. The lowest BCUT2D eigenvalue weighted by atomic mass is 9.72. The molecule has 1 nitrogen and oxygen atoms in total. The highest BCUT2D eigenvalue weighted by atomic mass is 35.5. The molecule has 1 aromatic rings. The predicted octanol–water partition coefficient (Wildman–Crippen LogP) is 4.48. The summed E-state index contributed by atoms with van der Waals surface area (Å²) < 4.78 is 0. The predicted molar refractivity (Wildman–Crippen MR) is 74.2 cm³/mol. The maximum Gasteiger partial charge on any atom is 0.0410 e. The molecule has 1 aliphatic rings. The van der Waals surface area contributed by atoms with E-state index in [2.05, 4.69) is 13.0 Å². The van der Waals surface area contributed by atoms with Gasteiger partial charge < -0.3 is 5.73 Å². The molecule has 0 bridgehead atoms. The Morgan fingerprint density at radius 1 is 1.35 bits per heavy atom. The van der Waals surface area contributed by atoms with Crippen LogP contribution in [0.25, 0.3) is 0 Å². The fourth-order valence-electron chi connectivity index (χ4n) is 2.98. The van der Waals surface area contributed by atoms with Crippen LogP contribution in [0.4, 0.5) is 0 Å². The van der Waals surface area contributed by atoms with Crippen LogP contribution >= 0.6 is 11.6 Å². The number of hydrogen-bond acceptors (Lipinski definition) is 1. The minimum atomic E-state index is -0.144. The summed E-state index contributed by atoms with van der Waals surface area (Å²) >= 11 is 6.05. The Hall–Kier alpha value is -0.530. The summed E-state index contributed by atoms with van der Waals surface area (Å²) in [5.74, 6) is 0.885. The maximum atomic E-state index is 6.55. The highest BCUT2D eigenvalue weighted by Gasteiger charge is 2.32. The standard InChI is InChI=1S/C15H22ClN/c1-2-4-12-7-9-15(17,10-8-12)13-5-3-6-14(16)11-13/h3,5-6,11-12H,2,4,7-10,17H2,1H3. The van der Waals surface area contributed by atoms with Crippen LogP contribution in [-0.2, 0) is 5.54 Å². The summed E-state index contributed by atoms with van der Waals surface area (Å²) in [6.07, 6.45) is 7.36. The summed E-state index contributed by atoms with van der Waals surface area (Å²) in [7, 11) is 0. The van der Waals surface area contributed by atoms with Gasteiger partial charge in [-0.2, -0.15) is 0 Å². The Bertz CT molecular complexity index is 367. The van der Waals surface area contributed by atoms with Crippen molar-refractivity contribution in [1.29, 1.82) is 0 Å². The summed E-state index contributed by atoms with van der Waals surface area (Å²) in [6, 6.07) is 8.06. The molecule has 1 aliphatic carbocycles. The molecular weight excluding hydrogens is 230 g/mol. The van der Waals surface area contributed by atoms with E-state index < -0.39 is 0 Å². The summed E-state index contributed by atoms with van der Waals surface area (Å²) in [5, 5.41) is 0.794. The second kappa shape index (κ2) is 5.41. The van der Waals surface area contributed by atoms with Gasteiger partial charge in [0.25, 0.3) is 0 Å². The molecule has 2 heteroatoms. The monoisotopic (exact) mass is 251 g/mol. The summed E-state index contributed by atoms with van der Waals surface area (Å²) in [5.41, 5.74) is 7.61. The number of halogens is 1. The van der Waals surface area contributed by atoms with Crippen molar-refractivity contribution < 1.29 is 0 Å². The van der Waals surface area contributed by atoms with Gasteiger partial charge >= 0.3 is 0 Å². The normalized spacial score (nSPS) is 29.2. The maximum absolute atomic E-state index is 6.55. The zero-order chi connectivity index (χ0) is 12.3. The molecule has 0 aromatic heterocycles. The minimum Gasteiger partial charge on any atom is -0.321 e. The highest BCUT2D eigenvalue weighted by Crippen LogP contribution is 2.39. The smallest absolute Gasteiger partial charge is 0.0410 e. The molecule has 1 saturated carbocycles. The fourth-order valence-corrected chi connectivity index (χ4v) is 3.17. The number of rotatable bonds is 3. The van der Waals surface area contributed by atoms with E-state index in [1.54, 1.807) is 0 Å². The lowest BCUT2D eigenvalue weighted by Crippen LogP contribution is -2.40. The third-order valence-corrected chi connectivity index (χ3v) is 4.33. The van der Waals surface area contributed by atoms with Crippen molar-refractivity contribution in [2.24, 2.45) is 11.7 Å². The first kappa shape index (κ1) is 12.9. The van der Waals surface area contributed by atoms with Crippen LogP contribution in [0.3, 0.4) is 0 Å². The molecule has 0 heterocycles. The molecule has 0 spiro atoms. The van der Waals surface area contributed by atoms with Crippen molar-refractivity contribution in [1.82, 2.24) is 0 Å². The second-order valence-electron chi connectivity index (χ2n) is 5.40. The van der Waals surface area contributed by atoms with E-state index in [4.69, 9.17) is 17.3 Å². The van der Waals surface area contributed by atoms with Gasteiger partial charge in [-0.3, -0.25) is 0 Å². The first-order valence-electron chi connectivity index (χ1n) is 6.69. The molecule has 0 saturated heterocycles. The minimum absolute atomic E-state index is 0.144. The van der Waals surface area contributed by atoms with Gasteiger partial charge in [-0.1, -0.05) is 43.5 Å². The van der Waals surface area contributed by atoms with E-state index in [1.807, 2.05) is 18.2 Å². The zero-order valence-corrected chi connectivity index (χ0v) is 11.3. The quantitative estimate of drug-likeness (QED) is 0.842. The molecule has 94 valence electrons. The second-order valence-corrected chi connectivity index (χ2v) is 5.83. The van der Waals surface area contributed by atoms with E-state index in [0.29, 0.717) is 0 Å². The first-order chi connectivity index (χ1) is 8.14. The fraction of sp³-hybridized carbons (Fsp3) is 0.600. The topological polar surface area (TPSA) is 26.0 Å². The Morgan fingerprint density at radius 2 is 2.06 bits per heavy atom. The van der Waals surface area contributed by atoms with Crippen molar-refractivity contribution in [3.05, 3.63) is 34.9 Å². The van der Waals surface area contributed by atoms with Gasteiger partial charge in [0.1, 0.15) is 0 Å². The van der Waals surface area contributed by atoms with Crippen LogP contribution in [0.1, 0.15) is 51.0 Å². The molecular formula is C15H22ClN. The lowest BCUT2D eigenvalue weighted by Gasteiger charge is -2.37. The molecule has 2 rings (SSSR count). The molecule has 0 atom stereocenters. The Labute approximate surface area is 109 Å². The molecule has 1 fully saturated rings. The average molecular weight is 252 g/mol. The van der Waals surface area contributed by atoms with Gasteiger partial charge in [0.15, 0.2) is 0 Å². The SMILES string of the molecule is CCCC1CCC(N)(c2cccc(Cl)c2)CC1. The zero-order valence-electron chi connectivity index (χ0n) is 10.6. The van der Waals surface area contributed by atoms with Crippen LogP contribution in [0.15, 0.2) is 24.3 Å². The van der Waals surface area contributed by atoms with E-state index in [0.717, 1.165) is 23.8 Å². The van der Waals surface area contributed by atoms with Gasteiger partial charge in [0, 0.05) is 10.6 Å². The third-order valence-electron chi connectivity index (χ3n) is 4.09. The van der Waals surface area contributed by atoms with E-state index in [-0.39, 0.29) is 5.54 Å². The number of hydrogen-bond donors (Lipinski definition) is 1. The molecule has 2 N–H and O–H groups in total. The molecule has 17 heavy (non-hydrogen) atoms. The van der Waals surface area contributed by atoms with E-state index >= 15 is 0 Å². The molecule has 0 aliphatic heterocycles. The van der Waals surface area contributed by atoms with Crippen LogP contribution < -0.4 is 5.73 Å². The van der Waals surface area contributed by atoms with Gasteiger partial charge in [-0.25, -0.2) is 0 Å². The van der Waals surface area contributed by atoms with Crippen molar-refractivity contribution >= 4 is 11.6 Å². The van der Waals surface area contributed by atoms with E-state index in [9.17, 15) is 0 Å². The number of benzene rings is 1. The van der Waals surface area contributed by atoms with Gasteiger partial charge in [-0.05, 0) is 49.3 Å². The van der Waals surface area contributed by atoms with E-state index in [1.165, 1.54) is 31.2 Å². The van der Waals surface area contributed by atoms with Crippen LogP contribution in [-0.4, -0.2) is 0 Å². The van der Waals surface area contributed by atoms with Gasteiger partial charge in [0.05, 0.1) is 0 Å². The lowest BCUT2D eigenvalue weighted by molar-refractivity contribution is 0.226. The van der Waals surface area contributed by atoms with Crippen molar-refractivity contribution in [3.8, 4) is 0 Å². The van der Waals surface area contributed by atoms with Crippen molar-refractivity contribution in [2.75, 3.05) is 0 Å². The Balaban J connectivity index is 2.06. The van der Waals surface area contributed by atoms with Crippen LogP contribution in [0, 0.1) is 5.92 Å². The highest BCUT2D eigenvalue weighted by molar-refractivity contribution is 6.30. The molecule has 0 radical (unpaired) electrons. The summed E-state index contributed by atoms with van der Waals surface area (Å²) in [6.45, 7) is 2.27.